The Kier molecular flexibility index (Phi) is 6.06. The van der Waals surface area contributed by atoms with Gasteiger partial charge in [-0.3, -0.25) is 4.79 Å². The first-order valence-corrected chi connectivity index (χ1v) is 7.73. The van der Waals surface area contributed by atoms with Crippen LogP contribution in [-0.2, 0) is 9.53 Å². The maximum atomic E-state index is 12.1. The van der Waals surface area contributed by atoms with Gasteiger partial charge in [-0.25, -0.2) is 4.79 Å². The molecule has 0 aliphatic carbocycles. The van der Waals surface area contributed by atoms with Crippen molar-refractivity contribution in [3.05, 3.63) is 57.6 Å². The van der Waals surface area contributed by atoms with Gasteiger partial charge in [-0.2, -0.15) is 0 Å². The first-order valence-electron chi connectivity index (χ1n) is 6.97. The Labute approximate surface area is 149 Å². The van der Waals surface area contributed by atoms with Gasteiger partial charge < -0.3 is 14.8 Å². The number of aryl methyl sites for hydroxylation is 1. The highest BCUT2D eigenvalue weighted by molar-refractivity contribution is 6.42. The summed E-state index contributed by atoms with van der Waals surface area (Å²) < 4.78 is 10.1. The number of amides is 1. The van der Waals surface area contributed by atoms with E-state index in [2.05, 4.69) is 5.32 Å². The second-order valence-corrected chi connectivity index (χ2v) is 5.77. The van der Waals surface area contributed by atoms with Gasteiger partial charge in [0, 0.05) is 5.69 Å². The van der Waals surface area contributed by atoms with Crippen LogP contribution in [0, 0.1) is 6.92 Å². The van der Waals surface area contributed by atoms with Crippen LogP contribution in [0.25, 0.3) is 0 Å². The van der Waals surface area contributed by atoms with Crippen molar-refractivity contribution >= 4 is 40.8 Å². The lowest BCUT2D eigenvalue weighted by molar-refractivity contribution is -0.119. The summed E-state index contributed by atoms with van der Waals surface area (Å²) in [7, 11) is 1.46. The van der Waals surface area contributed by atoms with Crippen LogP contribution >= 0.6 is 23.2 Å². The third-order valence-corrected chi connectivity index (χ3v) is 3.85. The Balaban J connectivity index is 1.97. The van der Waals surface area contributed by atoms with Gasteiger partial charge in [0.05, 0.1) is 17.2 Å². The van der Waals surface area contributed by atoms with E-state index < -0.39 is 18.5 Å². The van der Waals surface area contributed by atoms with Crippen LogP contribution in [0.2, 0.25) is 10.0 Å². The van der Waals surface area contributed by atoms with Gasteiger partial charge in [-0.15, -0.1) is 0 Å². The molecule has 2 rings (SSSR count). The molecule has 2 aromatic carbocycles. The number of rotatable bonds is 5. The predicted octanol–water partition coefficient (Wildman–Crippen LogP) is 4.11. The van der Waals surface area contributed by atoms with E-state index in [0.717, 1.165) is 5.56 Å². The highest BCUT2D eigenvalue weighted by Gasteiger charge is 2.15. The Morgan fingerprint density at radius 2 is 1.83 bits per heavy atom. The minimum Gasteiger partial charge on any atom is -0.496 e. The molecular formula is C17H15Cl2NO4. The summed E-state index contributed by atoms with van der Waals surface area (Å²) >= 11 is 11.7. The van der Waals surface area contributed by atoms with Gasteiger partial charge in [-0.05, 0) is 37.3 Å². The van der Waals surface area contributed by atoms with E-state index in [9.17, 15) is 9.59 Å². The number of benzene rings is 2. The molecule has 0 heterocycles. The zero-order valence-electron chi connectivity index (χ0n) is 13.1. The first kappa shape index (κ1) is 18.1. The van der Waals surface area contributed by atoms with Crippen LogP contribution in [0.1, 0.15) is 15.9 Å². The van der Waals surface area contributed by atoms with Gasteiger partial charge in [-0.1, -0.05) is 34.8 Å². The van der Waals surface area contributed by atoms with E-state index in [1.807, 2.05) is 13.0 Å². The number of hydrogen-bond donors (Lipinski definition) is 1. The summed E-state index contributed by atoms with van der Waals surface area (Å²) in [5, 5.41) is 3.26. The second kappa shape index (κ2) is 8.04. The molecule has 1 amide bonds. The lowest BCUT2D eigenvalue weighted by atomic mass is 10.1. The fraction of sp³-hybridized carbons (Fsp3) is 0.176. The Morgan fingerprint density at radius 3 is 2.50 bits per heavy atom. The third-order valence-electron chi connectivity index (χ3n) is 3.11. The number of esters is 1. The first-order chi connectivity index (χ1) is 11.4. The fourth-order valence-corrected chi connectivity index (χ4v) is 2.26. The largest absolute Gasteiger partial charge is 0.496 e. The average Bonchev–Trinajstić information content (AvgIpc) is 2.56. The van der Waals surface area contributed by atoms with Gasteiger partial charge in [0.15, 0.2) is 6.61 Å². The molecule has 0 bridgehead atoms. The summed E-state index contributed by atoms with van der Waals surface area (Å²) in [5.41, 5.74) is 1.60. The molecule has 7 heteroatoms. The summed E-state index contributed by atoms with van der Waals surface area (Å²) in [6.45, 7) is 1.41. The smallest absolute Gasteiger partial charge is 0.342 e. The molecule has 1 N–H and O–H groups in total. The maximum Gasteiger partial charge on any atom is 0.342 e. The molecule has 0 radical (unpaired) electrons. The quantitative estimate of drug-likeness (QED) is 0.807. The van der Waals surface area contributed by atoms with Gasteiger partial charge in [0.2, 0.25) is 0 Å². The molecule has 0 aliphatic rings. The number of ether oxygens (including phenoxy) is 2. The molecule has 0 saturated heterocycles. The van der Waals surface area contributed by atoms with Crippen LogP contribution in [0.5, 0.6) is 5.75 Å². The zero-order valence-corrected chi connectivity index (χ0v) is 14.6. The molecular weight excluding hydrogens is 353 g/mol. The predicted molar refractivity (Wildman–Crippen MR) is 93.1 cm³/mol. The molecule has 0 aromatic heterocycles. The molecule has 0 atom stereocenters. The van der Waals surface area contributed by atoms with Gasteiger partial charge in [0.25, 0.3) is 5.91 Å². The van der Waals surface area contributed by atoms with Crippen LogP contribution in [0.15, 0.2) is 36.4 Å². The van der Waals surface area contributed by atoms with Crippen LogP contribution in [-0.4, -0.2) is 25.6 Å². The van der Waals surface area contributed by atoms with Gasteiger partial charge >= 0.3 is 5.97 Å². The van der Waals surface area contributed by atoms with Gasteiger partial charge in [0.1, 0.15) is 11.3 Å². The number of methoxy groups -OCH3 is 1. The van der Waals surface area contributed by atoms with Crippen LogP contribution in [0.4, 0.5) is 5.69 Å². The lowest BCUT2D eigenvalue weighted by Crippen LogP contribution is -2.21. The lowest BCUT2D eigenvalue weighted by Gasteiger charge is -2.10. The van der Waals surface area contributed by atoms with Crippen molar-refractivity contribution in [2.75, 3.05) is 19.0 Å². The van der Waals surface area contributed by atoms with Crippen LogP contribution in [0.3, 0.4) is 0 Å². The number of nitrogens with one attached hydrogen (secondary N) is 1. The topological polar surface area (TPSA) is 64.6 Å². The van der Waals surface area contributed by atoms with E-state index in [1.165, 1.54) is 13.2 Å². The molecule has 5 nitrogen and oxygen atoms in total. The van der Waals surface area contributed by atoms with Crippen molar-refractivity contribution in [2.45, 2.75) is 6.92 Å². The van der Waals surface area contributed by atoms with Crippen molar-refractivity contribution < 1.29 is 19.1 Å². The SMILES string of the molecule is COc1ccc(C)cc1C(=O)OCC(=O)Nc1ccc(Cl)c(Cl)c1. The molecule has 126 valence electrons. The molecule has 0 aliphatic heterocycles. The van der Waals surface area contributed by atoms with E-state index in [0.29, 0.717) is 21.5 Å². The molecule has 0 fully saturated rings. The summed E-state index contributed by atoms with van der Waals surface area (Å²) in [4.78, 5) is 24.0. The Bertz CT molecular complexity index is 777. The van der Waals surface area contributed by atoms with E-state index in [4.69, 9.17) is 32.7 Å². The molecule has 0 spiro atoms. The van der Waals surface area contributed by atoms with E-state index in [-0.39, 0.29) is 5.56 Å². The molecule has 0 unspecified atom stereocenters. The number of anilines is 1. The Morgan fingerprint density at radius 1 is 1.08 bits per heavy atom. The minimum atomic E-state index is -0.639. The zero-order chi connectivity index (χ0) is 17.7. The second-order valence-electron chi connectivity index (χ2n) is 4.96. The number of hydrogen-bond acceptors (Lipinski definition) is 4. The average molecular weight is 368 g/mol. The highest BCUT2D eigenvalue weighted by atomic mass is 35.5. The highest BCUT2D eigenvalue weighted by Crippen LogP contribution is 2.25. The van der Waals surface area contributed by atoms with Crippen molar-refractivity contribution in [1.29, 1.82) is 0 Å². The standard InChI is InChI=1S/C17H15Cl2NO4/c1-10-3-6-15(23-2)12(7-10)17(22)24-9-16(21)20-11-4-5-13(18)14(19)8-11/h3-8H,9H2,1-2H3,(H,20,21). The van der Waals surface area contributed by atoms with E-state index >= 15 is 0 Å². The minimum absolute atomic E-state index is 0.264. The van der Waals surface area contributed by atoms with E-state index in [1.54, 1.807) is 24.3 Å². The number of carbonyl (C=O) groups excluding carboxylic acids is 2. The van der Waals surface area contributed by atoms with Crippen molar-refractivity contribution in [2.24, 2.45) is 0 Å². The normalized spacial score (nSPS) is 10.2. The van der Waals surface area contributed by atoms with Crippen molar-refractivity contribution in [3.63, 3.8) is 0 Å². The van der Waals surface area contributed by atoms with Crippen LogP contribution < -0.4 is 10.1 Å². The maximum absolute atomic E-state index is 12.1. The Hall–Kier alpha value is -2.24. The fourth-order valence-electron chi connectivity index (χ4n) is 1.96. The van der Waals surface area contributed by atoms with Crippen molar-refractivity contribution in [3.8, 4) is 5.75 Å². The van der Waals surface area contributed by atoms with Crippen molar-refractivity contribution in [1.82, 2.24) is 0 Å². The number of halogens is 2. The molecule has 2 aromatic rings. The molecule has 0 saturated carbocycles. The molecule has 24 heavy (non-hydrogen) atoms. The summed E-state index contributed by atoms with van der Waals surface area (Å²) in [6.07, 6.45) is 0. The summed E-state index contributed by atoms with van der Waals surface area (Å²) in [5.74, 6) is -0.747. The number of carbonyl (C=O) groups is 2. The monoisotopic (exact) mass is 367 g/mol. The third kappa shape index (κ3) is 4.63. The summed E-state index contributed by atoms with van der Waals surface area (Å²) in [6, 6.07) is 9.78.